The first-order valence-corrected chi connectivity index (χ1v) is 9.15. The van der Waals surface area contributed by atoms with Crippen molar-refractivity contribution in [3.8, 4) is 0 Å². The number of rotatable bonds is 12. The van der Waals surface area contributed by atoms with Crippen molar-refractivity contribution in [2.45, 2.75) is 96.8 Å². The van der Waals surface area contributed by atoms with Crippen molar-refractivity contribution < 1.29 is 14.7 Å². The predicted molar refractivity (Wildman–Crippen MR) is 91.0 cm³/mol. The third-order valence-electron chi connectivity index (χ3n) is 3.90. The summed E-state index contributed by atoms with van der Waals surface area (Å²) in [4.78, 5) is 20.4. The van der Waals surface area contributed by atoms with Gasteiger partial charge in [-0.15, -0.1) is 0 Å². The third-order valence-corrected chi connectivity index (χ3v) is 3.90. The maximum absolute atomic E-state index is 10.3. The van der Waals surface area contributed by atoms with E-state index in [1.807, 2.05) is 0 Å². The molecule has 1 amide bonds. The van der Waals surface area contributed by atoms with Gasteiger partial charge in [0.05, 0.1) is 0 Å². The standard InChI is InChI=1S/C14H28O2.C4H7NO/c1-2-3-4-5-6-7-8-9-10-11-12-13-14(15)16;6-4-2-1-3-5-4/h2-13H2,1H3,(H,15,16);1-3H2,(H,5,6). The first-order chi connectivity index (χ1) is 10.7. The zero-order chi connectivity index (χ0) is 16.5. The van der Waals surface area contributed by atoms with E-state index in [-0.39, 0.29) is 5.91 Å². The SMILES string of the molecule is CCCCCCCCCCCCCC(=O)O.O=C1CCCN1. The summed E-state index contributed by atoms with van der Waals surface area (Å²) < 4.78 is 0. The second-order valence-electron chi connectivity index (χ2n) is 6.13. The molecule has 0 spiro atoms. The van der Waals surface area contributed by atoms with E-state index in [0.717, 1.165) is 32.2 Å². The van der Waals surface area contributed by atoms with Crippen LogP contribution < -0.4 is 5.32 Å². The smallest absolute Gasteiger partial charge is 0.303 e. The van der Waals surface area contributed by atoms with Crippen LogP contribution in [0.4, 0.5) is 0 Å². The number of hydrogen-bond donors (Lipinski definition) is 2. The molecule has 0 unspecified atom stereocenters. The summed E-state index contributed by atoms with van der Waals surface area (Å²) >= 11 is 0. The Balaban J connectivity index is 0.000000604. The summed E-state index contributed by atoms with van der Waals surface area (Å²) in [7, 11) is 0. The fourth-order valence-corrected chi connectivity index (χ4v) is 2.51. The third kappa shape index (κ3) is 17.0. The number of carboxylic acid groups (broad SMARTS) is 1. The monoisotopic (exact) mass is 313 g/mol. The van der Waals surface area contributed by atoms with Crippen molar-refractivity contribution in [1.82, 2.24) is 5.32 Å². The number of nitrogens with one attached hydrogen (secondary N) is 1. The Hall–Kier alpha value is -1.06. The molecule has 0 aromatic rings. The fourth-order valence-electron chi connectivity index (χ4n) is 2.51. The molecule has 0 atom stereocenters. The van der Waals surface area contributed by atoms with E-state index >= 15 is 0 Å². The minimum absolute atomic E-state index is 0.204. The highest BCUT2D eigenvalue weighted by Crippen LogP contribution is 2.11. The Morgan fingerprint density at radius 3 is 1.77 bits per heavy atom. The molecule has 1 rings (SSSR count). The van der Waals surface area contributed by atoms with Crippen molar-refractivity contribution in [2.75, 3.05) is 6.54 Å². The van der Waals surface area contributed by atoms with Crippen LogP contribution >= 0.6 is 0 Å². The zero-order valence-corrected chi connectivity index (χ0v) is 14.4. The van der Waals surface area contributed by atoms with E-state index < -0.39 is 5.97 Å². The number of carbonyl (C=O) groups is 2. The van der Waals surface area contributed by atoms with Crippen molar-refractivity contribution in [3.63, 3.8) is 0 Å². The maximum Gasteiger partial charge on any atom is 0.303 e. The first kappa shape index (κ1) is 20.9. The number of unbranched alkanes of at least 4 members (excludes halogenated alkanes) is 10. The second kappa shape index (κ2) is 16.3. The molecule has 1 saturated heterocycles. The van der Waals surface area contributed by atoms with Gasteiger partial charge in [-0.1, -0.05) is 71.1 Å². The van der Waals surface area contributed by atoms with Gasteiger partial charge in [0, 0.05) is 19.4 Å². The van der Waals surface area contributed by atoms with E-state index in [1.54, 1.807) is 0 Å². The Morgan fingerprint density at radius 2 is 1.45 bits per heavy atom. The van der Waals surface area contributed by atoms with Gasteiger partial charge < -0.3 is 10.4 Å². The molecule has 0 aromatic carbocycles. The number of carbonyl (C=O) groups excluding carboxylic acids is 1. The lowest BCUT2D eigenvalue weighted by atomic mass is 10.1. The zero-order valence-electron chi connectivity index (χ0n) is 14.4. The summed E-state index contributed by atoms with van der Waals surface area (Å²) in [6.07, 6.45) is 16.1. The molecule has 0 aromatic heterocycles. The van der Waals surface area contributed by atoms with Crippen LogP contribution in [-0.4, -0.2) is 23.5 Å². The molecule has 1 fully saturated rings. The molecule has 22 heavy (non-hydrogen) atoms. The van der Waals surface area contributed by atoms with Gasteiger partial charge >= 0.3 is 5.97 Å². The normalized spacial score (nSPS) is 13.4. The minimum atomic E-state index is -0.657. The van der Waals surface area contributed by atoms with E-state index in [9.17, 15) is 9.59 Å². The molecule has 1 aliphatic heterocycles. The van der Waals surface area contributed by atoms with Gasteiger partial charge in [0.25, 0.3) is 0 Å². The van der Waals surface area contributed by atoms with Gasteiger partial charge in [0.15, 0.2) is 0 Å². The van der Waals surface area contributed by atoms with E-state index in [0.29, 0.717) is 6.42 Å². The molecule has 130 valence electrons. The van der Waals surface area contributed by atoms with Gasteiger partial charge in [-0.2, -0.15) is 0 Å². The largest absolute Gasteiger partial charge is 0.481 e. The molecule has 4 heteroatoms. The van der Waals surface area contributed by atoms with Gasteiger partial charge in [-0.3, -0.25) is 9.59 Å². The molecular formula is C18H35NO3. The van der Waals surface area contributed by atoms with Crippen LogP contribution in [0.15, 0.2) is 0 Å². The van der Waals surface area contributed by atoms with Crippen LogP contribution in [0.25, 0.3) is 0 Å². The van der Waals surface area contributed by atoms with Crippen molar-refractivity contribution in [3.05, 3.63) is 0 Å². The quantitative estimate of drug-likeness (QED) is 0.515. The summed E-state index contributed by atoms with van der Waals surface area (Å²) in [6.45, 7) is 3.13. The molecule has 4 nitrogen and oxygen atoms in total. The number of carboxylic acids is 1. The summed E-state index contributed by atoms with van der Waals surface area (Å²) in [5.41, 5.74) is 0. The minimum Gasteiger partial charge on any atom is -0.481 e. The molecule has 1 aliphatic rings. The Labute approximate surface area is 136 Å². The van der Waals surface area contributed by atoms with Crippen LogP contribution in [0.5, 0.6) is 0 Å². The van der Waals surface area contributed by atoms with Crippen LogP contribution in [-0.2, 0) is 9.59 Å². The highest BCUT2D eigenvalue weighted by atomic mass is 16.4. The lowest BCUT2D eigenvalue weighted by Gasteiger charge is -2.01. The number of hydrogen-bond acceptors (Lipinski definition) is 2. The van der Waals surface area contributed by atoms with Gasteiger partial charge in [-0.25, -0.2) is 0 Å². The van der Waals surface area contributed by atoms with Crippen LogP contribution in [0.2, 0.25) is 0 Å². The van der Waals surface area contributed by atoms with Crippen LogP contribution in [0.3, 0.4) is 0 Å². The maximum atomic E-state index is 10.3. The van der Waals surface area contributed by atoms with Crippen molar-refractivity contribution in [2.24, 2.45) is 0 Å². The fraction of sp³-hybridized carbons (Fsp3) is 0.889. The molecule has 2 N–H and O–H groups in total. The summed E-state index contributed by atoms with van der Waals surface area (Å²) in [5, 5.41) is 11.1. The summed E-state index contributed by atoms with van der Waals surface area (Å²) in [6, 6.07) is 0. The second-order valence-corrected chi connectivity index (χ2v) is 6.13. The number of aliphatic carboxylic acids is 1. The molecular weight excluding hydrogens is 278 g/mol. The van der Waals surface area contributed by atoms with Crippen molar-refractivity contribution in [1.29, 1.82) is 0 Å². The lowest BCUT2D eigenvalue weighted by molar-refractivity contribution is -0.137. The summed E-state index contributed by atoms with van der Waals surface area (Å²) in [5.74, 6) is -0.453. The lowest BCUT2D eigenvalue weighted by Crippen LogP contribution is -2.12. The highest BCUT2D eigenvalue weighted by Gasteiger charge is 2.05. The van der Waals surface area contributed by atoms with Gasteiger partial charge in [0.1, 0.15) is 0 Å². The van der Waals surface area contributed by atoms with Crippen LogP contribution in [0.1, 0.15) is 96.8 Å². The van der Waals surface area contributed by atoms with E-state index in [4.69, 9.17) is 5.11 Å². The number of amides is 1. The highest BCUT2D eigenvalue weighted by molar-refractivity contribution is 5.77. The van der Waals surface area contributed by atoms with E-state index in [2.05, 4.69) is 12.2 Å². The Morgan fingerprint density at radius 1 is 0.955 bits per heavy atom. The topological polar surface area (TPSA) is 66.4 Å². The first-order valence-electron chi connectivity index (χ1n) is 9.15. The molecule has 0 bridgehead atoms. The van der Waals surface area contributed by atoms with Gasteiger partial charge in [-0.05, 0) is 12.8 Å². The van der Waals surface area contributed by atoms with Crippen molar-refractivity contribution >= 4 is 11.9 Å². The average molecular weight is 313 g/mol. The van der Waals surface area contributed by atoms with Gasteiger partial charge in [0.2, 0.25) is 5.91 Å². The molecule has 0 saturated carbocycles. The van der Waals surface area contributed by atoms with E-state index in [1.165, 1.54) is 57.8 Å². The molecule has 1 heterocycles. The average Bonchev–Trinajstić information content (AvgIpc) is 2.96. The predicted octanol–water partition coefficient (Wildman–Crippen LogP) is 4.67. The molecule has 0 radical (unpaired) electrons. The molecule has 0 aliphatic carbocycles. The Kier molecular flexibility index (Phi) is 15.5. The Bertz CT molecular complexity index is 272. The van der Waals surface area contributed by atoms with Crippen LogP contribution in [0, 0.1) is 0 Å².